The van der Waals surface area contributed by atoms with Crippen LogP contribution in [0.25, 0.3) is 0 Å². The molecule has 198 valence electrons. The predicted octanol–water partition coefficient (Wildman–Crippen LogP) is 2.28. The van der Waals surface area contributed by atoms with Crippen molar-refractivity contribution in [3.8, 4) is 0 Å². The SMILES string of the molecule is CC(C)(C)OC(=O)N1[C@H]2CC[C@@H]([C@H]1C(=O)N[C@H](/C=C(\F)S(C)(=O)=O)C[C@@H]1CCNC1=O)C(F)(F)C2. The molecule has 2 bridgehead atoms. The summed E-state index contributed by atoms with van der Waals surface area (Å²) in [5.74, 6) is -6.64. The van der Waals surface area contributed by atoms with Crippen LogP contribution in [-0.2, 0) is 24.2 Å². The third kappa shape index (κ3) is 6.28. The van der Waals surface area contributed by atoms with E-state index in [4.69, 9.17) is 4.74 Å². The second-order valence-electron chi connectivity index (χ2n) is 10.5. The number of amides is 3. The Morgan fingerprint density at radius 2 is 1.94 bits per heavy atom. The molecule has 0 spiro atoms. The van der Waals surface area contributed by atoms with Gasteiger partial charge in [-0.1, -0.05) is 0 Å². The number of carbonyl (C=O) groups is 3. The highest BCUT2D eigenvalue weighted by Gasteiger charge is 2.61. The first-order valence-corrected chi connectivity index (χ1v) is 13.4. The normalized spacial score (nSPS) is 29.5. The Hall–Kier alpha value is -2.31. The topological polar surface area (TPSA) is 122 Å². The Kier molecular flexibility index (Phi) is 7.50. The highest BCUT2D eigenvalue weighted by Crippen LogP contribution is 2.49. The Bertz CT molecular complexity index is 1010. The second-order valence-corrected chi connectivity index (χ2v) is 12.4. The fourth-order valence-electron chi connectivity index (χ4n) is 4.98. The molecule has 3 aliphatic heterocycles. The molecule has 4 aliphatic rings. The van der Waals surface area contributed by atoms with Gasteiger partial charge in [0.2, 0.25) is 26.8 Å². The lowest BCUT2D eigenvalue weighted by molar-refractivity contribution is -0.184. The Morgan fingerprint density at radius 3 is 2.46 bits per heavy atom. The van der Waals surface area contributed by atoms with E-state index < -0.39 is 74.9 Å². The van der Waals surface area contributed by atoms with E-state index in [0.29, 0.717) is 25.3 Å². The summed E-state index contributed by atoms with van der Waals surface area (Å²) in [5, 5.41) is 3.51. The number of hydrogen-bond acceptors (Lipinski definition) is 6. The summed E-state index contributed by atoms with van der Waals surface area (Å²) >= 11 is 0. The number of nitrogens with one attached hydrogen (secondary N) is 2. The van der Waals surface area contributed by atoms with Crippen molar-refractivity contribution in [1.82, 2.24) is 15.5 Å². The molecule has 9 nitrogen and oxygen atoms in total. The molecule has 0 unspecified atom stereocenters. The van der Waals surface area contributed by atoms with Gasteiger partial charge in [0.1, 0.15) is 11.6 Å². The van der Waals surface area contributed by atoms with Crippen molar-refractivity contribution >= 4 is 27.7 Å². The van der Waals surface area contributed by atoms with Crippen LogP contribution >= 0.6 is 0 Å². The number of halogens is 3. The molecule has 4 fully saturated rings. The Balaban J connectivity index is 1.91. The average molecular weight is 524 g/mol. The van der Waals surface area contributed by atoms with E-state index in [0.717, 1.165) is 4.90 Å². The van der Waals surface area contributed by atoms with E-state index in [9.17, 15) is 36.0 Å². The lowest BCUT2D eigenvalue weighted by atomic mass is 9.71. The minimum atomic E-state index is -4.24. The lowest BCUT2D eigenvalue weighted by Crippen LogP contribution is -2.69. The molecule has 13 heteroatoms. The maximum absolute atomic E-state index is 14.8. The van der Waals surface area contributed by atoms with Crippen LogP contribution in [0.15, 0.2) is 11.2 Å². The average Bonchev–Trinajstić information content (AvgIpc) is 3.09. The van der Waals surface area contributed by atoms with Crippen molar-refractivity contribution in [2.45, 2.75) is 82.5 Å². The standard InChI is InChI=1S/C22H32F3N3O6S/c1-21(2,3)34-20(31)28-14-5-6-15(22(24,25)11-14)17(28)19(30)27-13(10-16(23)35(4,32)33)9-12-7-8-26-18(12)29/h10,12-15,17H,5-9,11H2,1-4H3,(H,26,29)(H,27,30)/b16-10+/t12-,13-,14-,15-,17-/m0/s1. The fraction of sp³-hybridized carbons (Fsp3) is 0.773. The van der Waals surface area contributed by atoms with Crippen LogP contribution in [0, 0.1) is 11.8 Å². The first kappa shape index (κ1) is 27.3. The molecular weight excluding hydrogens is 491 g/mol. The van der Waals surface area contributed by atoms with E-state index in [2.05, 4.69) is 10.6 Å². The van der Waals surface area contributed by atoms with Crippen LogP contribution in [0.3, 0.4) is 0 Å². The molecule has 3 amide bonds. The number of sulfone groups is 1. The summed E-state index contributed by atoms with van der Waals surface area (Å²) in [6.07, 6.45) is 0.318. The van der Waals surface area contributed by atoms with E-state index in [1.165, 1.54) is 0 Å². The molecule has 3 saturated heterocycles. The summed E-state index contributed by atoms with van der Waals surface area (Å²) in [4.78, 5) is 39.3. The van der Waals surface area contributed by atoms with Crippen LogP contribution in [0.5, 0.6) is 0 Å². The third-order valence-electron chi connectivity index (χ3n) is 6.52. The summed E-state index contributed by atoms with van der Waals surface area (Å²) < 4.78 is 72.5. The maximum atomic E-state index is 14.8. The van der Waals surface area contributed by atoms with Crippen LogP contribution in [0.2, 0.25) is 0 Å². The third-order valence-corrected chi connectivity index (χ3v) is 7.37. The van der Waals surface area contributed by atoms with Crippen molar-refractivity contribution in [1.29, 1.82) is 0 Å². The van der Waals surface area contributed by atoms with E-state index in [-0.39, 0.29) is 25.2 Å². The van der Waals surface area contributed by atoms with E-state index in [1.54, 1.807) is 20.8 Å². The molecule has 5 atom stereocenters. The van der Waals surface area contributed by atoms with Crippen molar-refractivity contribution in [2.24, 2.45) is 11.8 Å². The van der Waals surface area contributed by atoms with Gasteiger partial charge in [-0.25, -0.2) is 22.0 Å². The molecular formula is C22H32F3N3O6S. The Morgan fingerprint density at radius 1 is 1.29 bits per heavy atom. The van der Waals surface area contributed by atoms with Gasteiger partial charge in [0.15, 0.2) is 0 Å². The minimum absolute atomic E-state index is 0.00170. The summed E-state index contributed by atoms with van der Waals surface area (Å²) in [6.45, 7) is 5.20. The molecule has 0 aromatic rings. The second kappa shape index (κ2) is 9.62. The zero-order valence-corrected chi connectivity index (χ0v) is 21.0. The van der Waals surface area contributed by atoms with Gasteiger partial charge < -0.3 is 15.4 Å². The van der Waals surface area contributed by atoms with Gasteiger partial charge >= 0.3 is 6.09 Å². The minimum Gasteiger partial charge on any atom is -0.444 e. The zero-order valence-electron chi connectivity index (χ0n) is 20.1. The number of hydrogen-bond donors (Lipinski definition) is 2. The molecule has 0 radical (unpaired) electrons. The highest BCUT2D eigenvalue weighted by atomic mass is 32.2. The summed E-state index contributed by atoms with van der Waals surface area (Å²) in [5.41, 5.74) is -0.933. The van der Waals surface area contributed by atoms with Gasteiger partial charge in [0.25, 0.3) is 5.92 Å². The number of carbonyl (C=O) groups excluding carboxylic acids is 3. The maximum Gasteiger partial charge on any atom is 0.411 e. The van der Waals surface area contributed by atoms with Crippen molar-refractivity contribution < 1.29 is 40.7 Å². The van der Waals surface area contributed by atoms with Crippen molar-refractivity contribution in [3.63, 3.8) is 0 Å². The van der Waals surface area contributed by atoms with Crippen LogP contribution < -0.4 is 10.6 Å². The first-order valence-electron chi connectivity index (χ1n) is 11.5. The lowest BCUT2D eigenvalue weighted by Gasteiger charge is -2.53. The number of ether oxygens (including phenoxy) is 1. The molecule has 4 rings (SSSR count). The smallest absolute Gasteiger partial charge is 0.411 e. The first-order chi connectivity index (χ1) is 16.0. The van der Waals surface area contributed by atoms with Gasteiger partial charge in [0, 0.05) is 31.2 Å². The number of fused-ring (bicyclic) bond motifs is 3. The van der Waals surface area contributed by atoms with Gasteiger partial charge in [-0.3, -0.25) is 14.5 Å². The summed E-state index contributed by atoms with van der Waals surface area (Å²) in [6, 6.07) is -3.80. The summed E-state index contributed by atoms with van der Waals surface area (Å²) in [7, 11) is -4.24. The number of rotatable bonds is 6. The largest absolute Gasteiger partial charge is 0.444 e. The molecule has 35 heavy (non-hydrogen) atoms. The van der Waals surface area contributed by atoms with Gasteiger partial charge in [-0.2, -0.15) is 4.39 Å². The zero-order chi connectivity index (χ0) is 26.3. The number of alkyl halides is 2. The van der Waals surface area contributed by atoms with Gasteiger partial charge in [0.05, 0.1) is 12.0 Å². The molecule has 1 saturated carbocycles. The highest BCUT2D eigenvalue weighted by molar-refractivity contribution is 7.94. The van der Waals surface area contributed by atoms with E-state index >= 15 is 0 Å². The fourth-order valence-corrected chi connectivity index (χ4v) is 5.39. The predicted molar refractivity (Wildman–Crippen MR) is 120 cm³/mol. The molecule has 1 aliphatic carbocycles. The van der Waals surface area contributed by atoms with Crippen molar-refractivity contribution in [3.05, 3.63) is 11.2 Å². The van der Waals surface area contributed by atoms with Gasteiger partial charge in [-0.15, -0.1) is 0 Å². The molecule has 0 aromatic heterocycles. The quantitative estimate of drug-likeness (QED) is 0.551. The number of nitrogens with zero attached hydrogens (tertiary/aromatic N) is 1. The number of piperidine rings is 2. The molecule has 3 heterocycles. The Labute approximate surface area is 202 Å². The van der Waals surface area contributed by atoms with Crippen LogP contribution in [-0.4, -0.2) is 73.7 Å². The molecule has 0 aromatic carbocycles. The molecule has 2 N–H and O–H groups in total. The van der Waals surface area contributed by atoms with Crippen LogP contribution in [0.4, 0.5) is 18.0 Å². The van der Waals surface area contributed by atoms with Crippen LogP contribution in [0.1, 0.15) is 52.9 Å². The van der Waals surface area contributed by atoms with Gasteiger partial charge in [-0.05, 0) is 52.5 Å². The van der Waals surface area contributed by atoms with E-state index in [1.807, 2.05) is 0 Å². The van der Waals surface area contributed by atoms with Crippen molar-refractivity contribution in [2.75, 3.05) is 12.8 Å². The monoisotopic (exact) mass is 523 g/mol.